The summed E-state index contributed by atoms with van der Waals surface area (Å²) in [4.78, 5) is 36.8. The van der Waals surface area contributed by atoms with Gasteiger partial charge in [0.1, 0.15) is 10.8 Å². The van der Waals surface area contributed by atoms with Gasteiger partial charge in [0.05, 0.1) is 22.5 Å². The van der Waals surface area contributed by atoms with Gasteiger partial charge in [-0.25, -0.2) is 14.5 Å². The fourth-order valence-corrected chi connectivity index (χ4v) is 6.61. The quantitative estimate of drug-likeness (QED) is 0.0864. The number of nitrogens with zero attached hydrogens (tertiary/aromatic N) is 5. The van der Waals surface area contributed by atoms with Crippen LogP contribution in [0, 0.1) is 11.3 Å². The van der Waals surface area contributed by atoms with Gasteiger partial charge in [0, 0.05) is 42.8 Å². The Labute approximate surface area is 300 Å². The summed E-state index contributed by atoms with van der Waals surface area (Å²) in [5.74, 6) is 0.358. The van der Waals surface area contributed by atoms with Gasteiger partial charge in [0.2, 0.25) is 5.88 Å². The molecule has 1 saturated carbocycles. The van der Waals surface area contributed by atoms with E-state index in [0.29, 0.717) is 35.4 Å². The molecule has 50 heavy (non-hydrogen) atoms. The lowest BCUT2D eigenvalue weighted by atomic mass is 9.93. The summed E-state index contributed by atoms with van der Waals surface area (Å²) in [6.45, 7) is 12.6. The number of likely N-dealkylation sites (tertiary alicyclic amines) is 1. The van der Waals surface area contributed by atoms with Crippen molar-refractivity contribution in [3.05, 3.63) is 45.7 Å². The standard InChI is InChI=1S/C34H47ClF3N7O4S/c1-22(39)25(20-40-16-8-7-9-23-19-32(5,6)44(21-23)30(47)49-31(2,3)4)50-43-29(46)24-10-11-26(41-28(24)35)45-17-12-27(42-45)48-18-15-33(13-14-33)34(36,37)38/h10-12,17,20,23H,7-9,13-16,18-19,21,39H2,1-6H3,(H,43,46). The van der Waals surface area contributed by atoms with E-state index in [1.54, 1.807) is 19.2 Å². The first-order valence-electron chi connectivity index (χ1n) is 16.7. The summed E-state index contributed by atoms with van der Waals surface area (Å²) in [5, 5.41) is 4.14. The van der Waals surface area contributed by atoms with E-state index in [9.17, 15) is 22.8 Å². The molecule has 0 aromatic carbocycles. The average molecular weight is 742 g/mol. The number of alkyl halides is 3. The van der Waals surface area contributed by atoms with Gasteiger partial charge in [-0.1, -0.05) is 18.0 Å². The Kier molecular flexibility index (Phi) is 12.5. The highest BCUT2D eigenvalue weighted by molar-refractivity contribution is 8.02. The summed E-state index contributed by atoms with van der Waals surface area (Å²) in [5.41, 5.74) is 4.22. The fraction of sp³-hybridized carbons (Fsp3) is 0.618. The number of pyridine rings is 1. The second-order valence-corrected chi connectivity index (χ2v) is 15.8. The number of aromatic nitrogens is 3. The van der Waals surface area contributed by atoms with Crippen molar-refractivity contribution in [2.24, 2.45) is 22.1 Å². The molecular weight excluding hydrogens is 695 g/mol. The summed E-state index contributed by atoms with van der Waals surface area (Å²) >= 11 is 7.35. The number of hydrogen-bond acceptors (Lipinski definition) is 9. The number of nitrogens with one attached hydrogen (secondary N) is 1. The number of aliphatic imine (C=N–C) groups is 1. The van der Waals surface area contributed by atoms with Crippen LogP contribution < -0.4 is 15.2 Å². The van der Waals surface area contributed by atoms with E-state index in [4.69, 9.17) is 26.8 Å². The van der Waals surface area contributed by atoms with Crippen LogP contribution in [-0.2, 0) is 4.74 Å². The number of ether oxygens (including phenoxy) is 2. The topological polar surface area (TPSA) is 137 Å². The van der Waals surface area contributed by atoms with Crippen molar-refractivity contribution in [1.29, 1.82) is 0 Å². The highest BCUT2D eigenvalue weighted by Gasteiger charge is 2.62. The number of hydrogen-bond donors (Lipinski definition) is 2. The van der Waals surface area contributed by atoms with Gasteiger partial charge in [-0.15, -0.1) is 5.10 Å². The molecule has 11 nitrogen and oxygen atoms in total. The highest BCUT2D eigenvalue weighted by atomic mass is 35.5. The summed E-state index contributed by atoms with van der Waals surface area (Å²) in [6, 6.07) is 4.55. The summed E-state index contributed by atoms with van der Waals surface area (Å²) < 4.78 is 54.6. The van der Waals surface area contributed by atoms with E-state index in [0.717, 1.165) is 37.6 Å². The zero-order chi connectivity index (χ0) is 36.9. The number of allylic oxidation sites excluding steroid dienone is 2. The van der Waals surface area contributed by atoms with Crippen LogP contribution in [0.5, 0.6) is 5.88 Å². The molecule has 1 atom stereocenters. The van der Waals surface area contributed by atoms with Gasteiger partial charge >= 0.3 is 12.3 Å². The molecular formula is C34H47ClF3N7O4S. The average Bonchev–Trinajstić information content (AvgIpc) is 3.55. The minimum atomic E-state index is -4.23. The lowest BCUT2D eigenvalue weighted by molar-refractivity contribution is -0.190. The van der Waals surface area contributed by atoms with Gasteiger partial charge in [-0.05, 0) is 110 Å². The Morgan fingerprint density at radius 3 is 2.54 bits per heavy atom. The minimum absolute atomic E-state index is 0.0667. The number of carbonyl (C=O) groups excluding carboxylic acids is 2. The highest BCUT2D eigenvalue weighted by Crippen LogP contribution is 2.59. The first-order chi connectivity index (χ1) is 23.3. The fourth-order valence-electron chi connectivity index (χ4n) is 5.78. The SMILES string of the molecule is CC(N)=C(C=NCCCCC1CN(C(=O)OC(C)(C)C)C(C)(C)C1)SNC(=O)c1ccc(-n2ccc(OCCC3(C(F)(F)F)CC3)n2)nc1Cl. The zero-order valence-electron chi connectivity index (χ0n) is 29.4. The molecule has 276 valence electrons. The molecule has 3 heterocycles. The lowest BCUT2D eigenvalue weighted by Gasteiger charge is -2.33. The van der Waals surface area contributed by atoms with Gasteiger partial charge in [0.25, 0.3) is 5.91 Å². The van der Waals surface area contributed by atoms with Gasteiger partial charge in [0.15, 0.2) is 5.82 Å². The first kappa shape index (κ1) is 39.3. The van der Waals surface area contributed by atoms with E-state index >= 15 is 0 Å². The van der Waals surface area contributed by atoms with E-state index < -0.39 is 23.1 Å². The van der Waals surface area contributed by atoms with Crippen LogP contribution in [0.2, 0.25) is 5.15 Å². The molecule has 1 aliphatic carbocycles. The van der Waals surface area contributed by atoms with Crippen LogP contribution in [0.4, 0.5) is 18.0 Å². The van der Waals surface area contributed by atoms with E-state index in [2.05, 4.69) is 33.6 Å². The van der Waals surface area contributed by atoms with Crippen LogP contribution in [0.3, 0.4) is 0 Å². The van der Waals surface area contributed by atoms with Crippen molar-refractivity contribution in [2.75, 3.05) is 19.7 Å². The molecule has 0 bridgehead atoms. The van der Waals surface area contributed by atoms with Crippen molar-refractivity contribution in [2.45, 2.75) is 104 Å². The second-order valence-electron chi connectivity index (χ2n) is 14.6. The molecule has 2 aliphatic rings. The summed E-state index contributed by atoms with van der Waals surface area (Å²) in [6.07, 6.45) is 2.51. The van der Waals surface area contributed by atoms with Crippen LogP contribution in [0.1, 0.15) is 96.8 Å². The molecule has 2 aromatic rings. The number of amides is 2. The maximum atomic E-state index is 13.1. The Morgan fingerprint density at radius 2 is 1.92 bits per heavy atom. The monoisotopic (exact) mass is 741 g/mol. The molecule has 2 fully saturated rings. The largest absolute Gasteiger partial charge is 0.477 e. The number of halogens is 4. The Balaban J connectivity index is 1.20. The lowest BCUT2D eigenvalue weighted by Crippen LogP contribution is -2.45. The van der Waals surface area contributed by atoms with Crippen molar-refractivity contribution >= 4 is 41.8 Å². The van der Waals surface area contributed by atoms with Crippen LogP contribution in [0.25, 0.3) is 5.82 Å². The molecule has 2 amide bonds. The Hall–Kier alpha value is -3.46. The van der Waals surface area contributed by atoms with E-state index in [1.165, 1.54) is 23.0 Å². The predicted octanol–water partition coefficient (Wildman–Crippen LogP) is 7.88. The number of nitrogens with two attached hydrogens (primary N) is 1. The van der Waals surface area contributed by atoms with Crippen molar-refractivity contribution in [3.8, 4) is 11.7 Å². The Morgan fingerprint density at radius 1 is 1.20 bits per heavy atom. The summed E-state index contributed by atoms with van der Waals surface area (Å²) in [7, 11) is 0. The molecule has 0 spiro atoms. The zero-order valence-corrected chi connectivity index (χ0v) is 31.0. The maximum absolute atomic E-state index is 13.1. The van der Waals surface area contributed by atoms with Gasteiger partial charge in [-0.2, -0.15) is 13.2 Å². The van der Waals surface area contributed by atoms with Gasteiger partial charge in [-0.3, -0.25) is 14.5 Å². The molecule has 1 saturated heterocycles. The third-order valence-corrected chi connectivity index (χ3v) is 9.96. The first-order valence-corrected chi connectivity index (χ1v) is 17.9. The third-order valence-electron chi connectivity index (χ3n) is 8.74. The van der Waals surface area contributed by atoms with Crippen molar-refractivity contribution in [1.82, 2.24) is 24.4 Å². The van der Waals surface area contributed by atoms with Crippen LogP contribution in [-0.4, -0.2) is 74.9 Å². The van der Waals surface area contributed by atoms with E-state index in [1.807, 2.05) is 25.7 Å². The van der Waals surface area contributed by atoms with Crippen molar-refractivity contribution < 1.29 is 32.2 Å². The molecule has 16 heteroatoms. The smallest absolute Gasteiger partial charge is 0.410 e. The number of unbranched alkanes of at least 4 members (excludes halogenated alkanes) is 1. The molecule has 2 aromatic heterocycles. The maximum Gasteiger partial charge on any atom is 0.410 e. The normalized spacial score (nSPS) is 19.0. The molecule has 1 unspecified atom stereocenters. The number of rotatable bonds is 14. The molecule has 1 aliphatic heterocycles. The van der Waals surface area contributed by atoms with Gasteiger partial charge < -0.3 is 20.1 Å². The molecule has 0 radical (unpaired) electrons. The second kappa shape index (κ2) is 15.8. The minimum Gasteiger partial charge on any atom is -0.477 e. The number of carbonyl (C=O) groups is 2. The Bertz CT molecular complexity index is 1580. The van der Waals surface area contributed by atoms with E-state index in [-0.39, 0.29) is 54.1 Å². The van der Waals surface area contributed by atoms with Crippen molar-refractivity contribution in [3.63, 3.8) is 0 Å². The van der Waals surface area contributed by atoms with Crippen LogP contribution >= 0.6 is 23.5 Å². The molecule has 4 rings (SSSR count). The molecule has 3 N–H and O–H groups in total. The van der Waals surface area contributed by atoms with Crippen LogP contribution in [0.15, 0.2) is 40.0 Å². The third kappa shape index (κ3) is 10.5. The predicted molar refractivity (Wildman–Crippen MR) is 188 cm³/mol.